The molecule has 0 aromatic heterocycles. The van der Waals surface area contributed by atoms with Crippen LogP contribution in [0, 0.1) is 6.92 Å². The van der Waals surface area contributed by atoms with Crippen LogP contribution < -0.4 is 14.8 Å². The molecule has 5 nitrogen and oxygen atoms in total. The third kappa shape index (κ3) is 4.74. The Balaban J connectivity index is 1.46. The highest BCUT2D eigenvalue weighted by Gasteiger charge is 2.34. The molecule has 2 unspecified atom stereocenters. The molecule has 1 saturated heterocycles. The molecule has 4 rings (SSSR count). The predicted molar refractivity (Wildman–Crippen MR) is 124 cm³/mol. The van der Waals surface area contributed by atoms with E-state index in [9.17, 15) is 0 Å². The van der Waals surface area contributed by atoms with Crippen molar-refractivity contribution in [3.63, 3.8) is 0 Å². The van der Waals surface area contributed by atoms with Gasteiger partial charge in [-0.05, 0) is 68.5 Å². The van der Waals surface area contributed by atoms with Gasteiger partial charge in [0, 0.05) is 25.7 Å². The van der Waals surface area contributed by atoms with Gasteiger partial charge in [0.15, 0.2) is 11.5 Å². The molecule has 0 spiro atoms. The van der Waals surface area contributed by atoms with Gasteiger partial charge in [-0.1, -0.05) is 29.8 Å². The molecule has 0 amide bonds. The molecule has 2 atom stereocenters. The van der Waals surface area contributed by atoms with E-state index in [1.54, 1.807) is 14.2 Å². The lowest BCUT2D eigenvalue weighted by Crippen LogP contribution is -2.46. The van der Waals surface area contributed by atoms with E-state index in [2.05, 4.69) is 60.5 Å². The summed E-state index contributed by atoms with van der Waals surface area (Å²) >= 11 is 0. The van der Waals surface area contributed by atoms with Crippen LogP contribution in [0.1, 0.15) is 48.1 Å². The fraction of sp³-hybridized carbons (Fsp3) is 0.538. The summed E-state index contributed by atoms with van der Waals surface area (Å²) in [6, 6.07) is 13.7. The number of nitrogens with one attached hydrogen (secondary N) is 1. The molecular formula is C26H36N2O3. The van der Waals surface area contributed by atoms with Crippen molar-refractivity contribution >= 4 is 0 Å². The molecule has 0 aliphatic carbocycles. The van der Waals surface area contributed by atoms with Crippen molar-refractivity contribution in [1.82, 2.24) is 10.2 Å². The second-order valence-corrected chi connectivity index (χ2v) is 8.96. The summed E-state index contributed by atoms with van der Waals surface area (Å²) in [5, 5.41) is 3.57. The van der Waals surface area contributed by atoms with Crippen molar-refractivity contribution in [2.45, 2.75) is 44.8 Å². The molecule has 1 fully saturated rings. The first-order chi connectivity index (χ1) is 15.0. The van der Waals surface area contributed by atoms with Gasteiger partial charge in [0.2, 0.25) is 0 Å². The lowest BCUT2D eigenvalue weighted by Gasteiger charge is -2.39. The minimum Gasteiger partial charge on any atom is -0.493 e. The summed E-state index contributed by atoms with van der Waals surface area (Å²) in [5.74, 6) is 1.58. The average molecular weight is 425 g/mol. The molecule has 31 heavy (non-hydrogen) atoms. The molecule has 0 bridgehead atoms. The van der Waals surface area contributed by atoms with Crippen LogP contribution in [0.15, 0.2) is 36.4 Å². The zero-order valence-electron chi connectivity index (χ0n) is 19.4. The van der Waals surface area contributed by atoms with Crippen LogP contribution in [0.5, 0.6) is 11.5 Å². The van der Waals surface area contributed by atoms with Gasteiger partial charge in [-0.15, -0.1) is 0 Å². The number of rotatable bonds is 7. The van der Waals surface area contributed by atoms with Crippen LogP contribution >= 0.6 is 0 Å². The minimum absolute atomic E-state index is 0.291. The second-order valence-electron chi connectivity index (χ2n) is 8.96. The Morgan fingerprint density at radius 3 is 2.61 bits per heavy atom. The van der Waals surface area contributed by atoms with E-state index in [1.807, 2.05) is 0 Å². The molecule has 2 aromatic carbocycles. The summed E-state index contributed by atoms with van der Waals surface area (Å²) in [6.45, 7) is 9.34. The van der Waals surface area contributed by atoms with Crippen LogP contribution in [0.2, 0.25) is 0 Å². The van der Waals surface area contributed by atoms with Gasteiger partial charge in [-0.3, -0.25) is 4.90 Å². The van der Waals surface area contributed by atoms with E-state index >= 15 is 0 Å². The van der Waals surface area contributed by atoms with Gasteiger partial charge in [0.25, 0.3) is 0 Å². The Hall–Kier alpha value is -2.08. The number of hydrogen-bond donors (Lipinski definition) is 1. The zero-order valence-corrected chi connectivity index (χ0v) is 19.4. The van der Waals surface area contributed by atoms with Crippen molar-refractivity contribution in [2.24, 2.45) is 0 Å². The maximum absolute atomic E-state index is 6.35. The molecule has 2 aromatic rings. The maximum Gasteiger partial charge on any atom is 0.161 e. The number of ether oxygens (including phenoxy) is 3. The van der Waals surface area contributed by atoms with E-state index in [1.165, 1.54) is 22.3 Å². The van der Waals surface area contributed by atoms with Crippen molar-refractivity contribution in [3.05, 3.63) is 58.7 Å². The Morgan fingerprint density at radius 2 is 1.87 bits per heavy atom. The molecular weight excluding hydrogens is 388 g/mol. The van der Waals surface area contributed by atoms with Gasteiger partial charge >= 0.3 is 0 Å². The minimum atomic E-state index is -0.291. The third-order valence-electron chi connectivity index (χ3n) is 6.89. The number of aryl methyl sites for hydroxylation is 1. The summed E-state index contributed by atoms with van der Waals surface area (Å²) < 4.78 is 17.4. The number of benzene rings is 2. The Morgan fingerprint density at radius 1 is 1.13 bits per heavy atom. The highest BCUT2D eigenvalue weighted by molar-refractivity contribution is 5.50. The number of piperazine rings is 1. The van der Waals surface area contributed by atoms with E-state index in [4.69, 9.17) is 14.2 Å². The smallest absolute Gasteiger partial charge is 0.161 e. The van der Waals surface area contributed by atoms with Crippen LogP contribution in [0.4, 0.5) is 0 Å². The van der Waals surface area contributed by atoms with Gasteiger partial charge in [-0.2, -0.15) is 0 Å². The fourth-order valence-corrected chi connectivity index (χ4v) is 5.04. The first-order valence-electron chi connectivity index (χ1n) is 11.4. The van der Waals surface area contributed by atoms with E-state index < -0.39 is 0 Å². The molecule has 2 heterocycles. The predicted octanol–water partition coefficient (Wildman–Crippen LogP) is 4.23. The molecule has 1 N–H and O–H groups in total. The summed E-state index contributed by atoms with van der Waals surface area (Å²) in [4.78, 5) is 2.63. The summed E-state index contributed by atoms with van der Waals surface area (Å²) in [7, 11) is 3.39. The SMILES string of the molecule is COc1cc2c(cc1OC)C(C)(CCCN1CCNCC1c1ccc(C)cc1)OCC2. The molecule has 2 aliphatic heterocycles. The largest absolute Gasteiger partial charge is 0.493 e. The standard InChI is InChI=1S/C26H36N2O3/c1-19-6-8-20(9-7-19)23-18-27-12-14-28(23)13-5-11-26(2)22-17-25(30-4)24(29-3)16-21(22)10-15-31-26/h6-9,16-17,23,27H,5,10-15,18H2,1-4H3. The Bertz CT molecular complexity index is 883. The number of fused-ring (bicyclic) bond motifs is 1. The van der Waals surface area contributed by atoms with Crippen molar-refractivity contribution < 1.29 is 14.2 Å². The highest BCUT2D eigenvalue weighted by Crippen LogP contribution is 2.42. The van der Waals surface area contributed by atoms with E-state index in [0.717, 1.165) is 63.5 Å². The summed E-state index contributed by atoms with van der Waals surface area (Å²) in [5.41, 5.74) is 4.98. The number of nitrogens with zero attached hydrogens (tertiary/aromatic N) is 1. The van der Waals surface area contributed by atoms with Gasteiger partial charge < -0.3 is 19.5 Å². The first-order valence-corrected chi connectivity index (χ1v) is 11.4. The Kier molecular flexibility index (Phi) is 6.85. The van der Waals surface area contributed by atoms with Crippen LogP contribution in [0.25, 0.3) is 0 Å². The Labute approximate surface area is 186 Å². The topological polar surface area (TPSA) is 43.0 Å². The zero-order chi connectivity index (χ0) is 21.8. The van der Waals surface area contributed by atoms with Gasteiger partial charge in [0.1, 0.15) is 0 Å². The fourth-order valence-electron chi connectivity index (χ4n) is 5.04. The quantitative estimate of drug-likeness (QED) is 0.721. The third-order valence-corrected chi connectivity index (χ3v) is 6.89. The first kappa shape index (κ1) is 22.1. The monoisotopic (exact) mass is 424 g/mol. The van der Waals surface area contributed by atoms with Gasteiger partial charge in [0.05, 0.1) is 26.4 Å². The number of methoxy groups -OCH3 is 2. The molecule has 2 aliphatic rings. The maximum atomic E-state index is 6.35. The van der Waals surface area contributed by atoms with E-state index in [-0.39, 0.29) is 5.60 Å². The van der Waals surface area contributed by atoms with Crippen molar-refractivity contribution in [2.75, 3.05) is 47.0 Å². The molecule has 168 valence electrons. The highest BCUT2D eigenvalue weighted by atomic mass is 16.5. The molecule has 5 heteroatoms. The summed E-state index contributed by atoms with van der Waals surface area (Å²) in [6.07, 6.45) is 2.99. The number of hydrogen-bond acceptors (Lipinski definition) is 5. The lowest BCUT2D eigenvalue weighted by atomic mass is 9.84. The molecule has 0 radical (unpaired) electrons. The second kappa shape index (κ2) is 9.60. The molecule has 0 saturated carbocycles. The van der Waals surface area contributed by atoms with Crippen LogP contribution in [-0.4, -0.2) is 51.9 Å². The van der Waals surface area contributed by atoms with E-state index in [0.29, 0.717) is 6.04 Å². The van der Waals surface area contributed by atoms with Crippen molar-refractivity contribution in [1.29, 1.82) is 0 Å². The van der Waals surface area contributed by atoms with Gasteiger partial charge in [-0.25, -0.2) is 0 Å². The normalized spacial score (nSPS) is 23.9. The lowest BCUT2D eigenvalue weighted by molar-refractivity contribution is -0.0554. The average Bonchev–Trinajstić information content (AvgIpc) is 2.79. The van der Waals surface area contributed by atoms with Crippen molar-refractivity contribution in [3.8, 4) is 11.5 Å². The van der Waals surface area contributed by atoms with Crippen LogP contribution in [0.3, 0.4) is 0 Å². The van der Waals surface area contributed by atoms with Crippen LogP contribution in [-0.2, 0) is 16.8 Å².